The molecule has 2 amide bonds. The summed E-state index contributed by atoms with van der Waals surface area (Å²) >= 11 is 5.97. The third-order valence-corrected chi connectivity index (χ3v) is 6.60. The molecule has 0 radical (unpaired) electrons. The van der Waals surface area contributed by atoms with Gasteiger partial charge in [-0.05, 0) is 68.9 Å². The summed E-state index contributed by atoms with van der Waals surface area (Å²) < 4.78 is 10.5. The fourth-order valence-corrected chi connectivity index (χ4v) is 4.33. The third-order valence-electron chi connectivity index (χ3n) is 6.32. The molecular weight excluding hydrogens is 560 g/mol. The van der Waals surface area contributed by atoms with E-state index in [1.54, 1.807) is 49.9 Å². The standard InChI is InChI=1S/C30H37ClN6O5/c1-18-8-6-7-9-22(18)14-20(15-34-27(38)23-25(32)36-26(33)24(31)35-23)17-37(29(40)42-30(2,3)4)16-19-10-12-21(13-11-19)28(39)41-5/h6-13,20H,14-17H2,1-5H3,(H,34,38)(H4,32,33,36). The van der Waals surface area contributed by atoms with Gasteiger partial charge < -0.3 is 31.2 Å². The average molecular weight is 597 g/mol. The number of nitrogen functional groups attached to an aromatic ring is 2. The van der Waals surface area contributed by atoms with Crippen LogP contribution >= 0.6 is 11.6 Å². The van der Waals surface area contributed by atoms with Crippen molar-refractivity contribution >= 4 is 41.2 Å². The molecule has 1 heterocycles. The zero-order valence-electron chi connectivity index (χ0n) is 24.4. The van der Waals surface area contributed by atoms with Crippen molar-refractivity contribution in [1.29, 1.82) is 0 Å². The van der Waals surface area contributed by atoms with Gasteiger partial charge in [0.2, 0.25) is 0 Å². The van der Waals surface area contributed by atoms with Crippen molar-refractivity contribution in [2.45, 2.75) is 46.3 Å². The lowest BCUT2D eigenvalue weighted by Crippen LogP contribution is -2.42. The molecule has 12 heteroatoms. The maximum absolute atomic E-state index is 13.4. The molecule has 0 saturated carbocycles. The summed E-state index contributed by atoms with van der Waals surface area (Å²) in [6.07, 6.45) is 0.0399. The molecule has 3 rings (SSSR count). The van der Waals surface area contributed by atoms with E-state index in [2.05, 4.69) is 15.3 Å². The van der Waals surface area contributed by atoms with Crippen molar-refractivity contribution in [1.82, 2.24) is 20.2 Å². The van der Waals surface area contributed by atoms with E-state index in [9.17, 15) is 14.4 Å². The van der Waals surface area contributed by atoms with Gasteiger partial charge in [-0.15, -0.1) is 0 Å². The molecule has 1 aromatic heterocycles. The van der Waals surface area contributed by atoms with E-state index in [0.717, 1.165) is 16.7 Å². The molecule has 0 saturated heterocycles. The van der Waals surface area contributed by atoms with Gasteiger partial charge in [-0.1, -0.05) is 48.0 Å². The van der Waals surface area contributed by atoms with Crippen LogP contribution in [0.4, 0.5) is 16.4 Å². The molecule has 1 atom stereocenters. The van der Waals surface area contributed by atoms with Gasteiger partial charge >= 0.3 is 12.1 Å². The zero-order chi connectivity index (χ0) is 31.0. The van der Waals surface area contributed by atoms with Crippen LogP contribution in [0.2, 0.25) is 5.15 Å². The molecule has 11 nitrogen and oxygen atoms in total. The van der Waals surface area contributed by atoms with Crippen LogP contribution in [0.3, 0.4) is 0 Å². The lowest BCUT2D eigenvalue weighted by molar-refractivity contribution is 0.0202. The van der Waals surface area contributed by atoms with Crippen LogP contribution in [0.15, 0.2) is 48.5 Å². The Morgan fingerprint density at radius 2 is 1.69 bits per heavy atom. The van der Waals surface area contributed by atoms with Gasteiger partial charge in [-0.3, -0.25) is 4.79 Å². The van der Waals surface area contributed by atoms with E-state index in [0.29, 0.717) is 12.0 Å². The smallest absolute Gasteiger partial charge is 0.410 e. The van der Waals surface area contributed by atoms with Crippen LogP contribution in [0.5, 0.6) is 0 Å². The fourth-order valence-electron chi connectivity index (χ4n) is 4.21. The number of ether oxygens (including phenoxy) is 2. The summed E-state index contributed by atoms with van der Waals surface area (Å²) in [4.78, 5) is 47.7. The molecule has 3 aromatic rings. The molecule has 0 aliphatic rings. The highest BCUT2D eigenvalue weighted by molar-refractivity contribution is 6.31. The predicted octanol–water partition coefficient (Wildman–Crippen LogP) is 4.42. The minimum Gasteiger partial charge on any atom is -0.465 e. The monoisotopic (exact) mass is 596 g/mol. The second-order valence-electron chi connectivity index (χ2n) is 10.9. The Hall–Kier alpha value is -4.38. The SMILES string of the molecule is COC(=O)c1ccc(CN(CC(CNC(=O)c2nc(Cl)c(N)nc2N)Cc2ccccc2C)C(=O)OC(C)(C)C)cc1. The Bertz CT molecular complexity index is 1420. The number of amides is 2. The molecule has 42 heavy (non-hydrogen) atoms. The number of benzene rings is 2. The number of nitrogens with two attached hydrogens (primary N) is 2. The highest BCUT2D eigenvalue weighted by atomic mass is 35.5. The fraction of sp³-hybridized carbons (Fsp3) is 0.367. The summed E-state index contributed by atoms with van der Waals surface area (Å²) in [7, 11) is 1.32. The van der Waals surface area contributed by atoms with E-state index in [-0.39, 0.29) is 48.0 Å². The van der Waals surface area contributed by atoms with E-state index >= 15 is 0 Å². The maximum Gasteiger partial charge on any atom is 0.410 e. The number of esters is 1. The molecule has 224 valence electrons. The molecule has 0 spiro atoms. The highest BCUT2D eigenvalue weighted by Gasteiger charge is 2.26. The first kappa shape index (κ1) is 32.1. The maximum atomic E-state index is 13.4. The summed E-state index contributed by atoms with van der Waals surface area (Å²) in [5.74, 6) is -1.48. The number of nitrogens with zero attached hydrogens (tertiary/aromatic N) is 3. The number of hydrogen-bond acceptors (Lipinski definition) is 9. The summed E-state index contributed by atoms with van der Waals surface area (Å²) in [6, 6.07) is 14.7. The first-order valence-corrected chi connectivity index (χ1v) is 13.7. The Labute approximate surface area is 250 Å². The molecule has 0 fully saturated rings. The first-order valence-electron chi connectivity index (χ1n) is 13.3. The number of halogens is 1. The van der Waals surface area contributed by atoms with Gasteiger partial charge in [-0.25, -0.2) is 19.6 Å². The number of anilines is 2. The Kier molecular flexibility index (Phi) is 10.7. The van der Waals surface area contributed by atoms with Crippen LogP contribution in [0.25, 0.3) is 0 Å². The van der Waals surface area contributed by atoms with E-state index in [1.165, 1.54) is 7.11 Å². The summed E-state index contributed by atoms with van der Waals surface area (Å²) in [6.45, 7) is 8.02. The van der Waals surface area contributed by atoms with Gasteiger partial charge in [0.1, 0.15) is 5.60 Å². The number of carbonyl (C=O) groups is 3. The topological polar surface area (TPSA) is 163 Å². The lowest BCUT2D eigenvalue weighted by Gasteiger charge is -2.31. The molecule has 0 aliphatic carbocycles. The van der Waals surface area contributed by atoms with Gasteiger partial charge in [0.05, 0.1) is 12.7 Å². The van der Waals surface area contributed by atoms with Crippen molar-refractivity contribution < 1.29 is 23.9 Å². The van der Waals surface area contributed by atoms with E-state index in [4.69, 9.17) is 32.5 Å². The number of nitrogens with one attached hydrogen (secondary N) is 1. The Balaban J connectivity index is 1.88. The largest absolute Gasteiger partial charge is 0.465 e. The molecule has 1 unspecified atom stereocenters. The predicted molar refractivity (Wildman–Crippen MR) is 161 cm³/mol. The zero-order valence-corrected chi connectivity index (χ0v) is 25.2. The van der Waals surface area contributed by atoms with Crippen LogP contribution < -0.4 is 16.8 Å². The number of carbonyl (C=O) groups excluding carboxylic acids is 3. The third kappa shape index (κ3) is 9.07. The summed E-state index contributed by atoms with van der Waals surface area (Å²) in [5.41, 5.74) is 14.0. The number of aromatic nitrogens is 2. The molecule has 0 bridgehead atoms. The Morgan fingerprint density at radius 3 is 2.31 bits per heavy atom. The van der Waals surface area contributed by atoms with Crippen molar-refractivity contribution in [3.05, 3.63) is 81.6 Å². The summed E-state index contributed by atoms with van der Waals surface area (Å²) in [5, 5.41) is 2.73. The van der Waals surface area contributed by atoms with Gasteiger partial charge in [0.15, 0.2) is 22.5 Å². The Morgan fingerprint density at radius 1 is 1.02 bits per heavy atom. The van der Waals surface area contributed by atoms with E-state index < -0.39 is 23.6 Å². The van der Waals surface area contributed by atoms with Crippen molar-refractivity contribution in [3.63, 3.8) is 0 Å². The lowest BCUT2D eigenvalue weighted by atomic mass is 9.95. The number of rotatable bonds is 10. The van der Waals surface area contributed by atoms with Gasteiger partial charge in [0, 0.05) is 19.6 Å². The molecule has 2 aromatic carbocycles. The first-order chi connectivity index (χ1) is 19.8. The normalized spacial score (nSPS) is 11.9. The molecular formula is C30H37ClN6O5. The quantitative estimate of drug-likeness (QED) is 0.287. The highest BCUT2D eigenvalue weighted by Crippen LogP contribution is 2.20. The number of aryl methyl sites for hydroxylation is 1. The van der Waals surface area contributed by atoms with Gasteiger partial charge in [0.25, 0.3) is 5.91 Å². The molecule has 5 N–H and O–H groups in total. The van der Waals surface area contributed by atoms with Crippen LogP contribution in [0.1, 0.15) is 58.3 Å². The van der Waals surface area contributed by atoms with Gasteiger partial charge in [-0.2, -0.15) is 0 Å². The van der Waals surface area contributed by atoms with Crippen molar-refractivity contribution in [2.24, 2.45) is 5.92 Å². The van der Waals surface area contributed by atoms with Crippen LogP contribution in [-0.2, 0) is 22.4 Å². The number of hydrogen-bond donors (Lipinski definition) is 3. The van der Waals surface area contributed by atoms with Crippen LogP contribution in [0, 0.1) is 12.8 Å². The second-order valence-corrected chi connectivity index (χ2v) is 11.2. The second kappa shape index (κ2) is 14.0. The van der Waals surface area contributed by atoms with E-state index in [1.807, 2.05) is 31.2 Å². The van der Waals surface area contributed by atoms with Crippen molar-refractivity contribution in [2.75, 3.05) is 31.7 Å². The minimum absolute atomic E-state index is 0.0734. The minimum atomic E-state index is -0.728. The van der Waals surface area contributed by atoms with Crippen LogP contribution in [-0.4, -0.2) is 58.6 Å². The van der Waals surface area contributed by atoms with Crippen molar-refractivity contribution in [3.8, 4) is 0 Å². The average Bonchev–Trinajstić information content (AvgIpc) is 2.93. The number of methoxy groups -OCH3 is 1. The molecule has 0 aliphatic heterocycles.